The summed E-state index contributed by atoms with van der Waals surface area (Å²) in [4.78, 5) is 4.45. The Hall–Kier alpha value is -2.34. The second-order valence-corrected chi connectivity index (χ2v) is 8.80. The summed E-state index contributed by atoms with van der Waals surface area (Å²) < 4.78 is 13.4. The predicted octanol–water partition coefficient (Wildman–Crippen LogP) is 6.49. The van der Waals surface area contributed by atoms with Gasteiger partial charge in [-0.2, -0.15) is 0 Å². The highest BCUT2D eigenvalue weighted by atomic mass is 35.5. The van der Waals surface area contributed by atoms with Crippen molar-refractivity contribution in [2.75, 3.05) is 10.6 Å². The van der Waals surface area contributed by atoms with Gasteiger partial charge in [-0.15, -0.1) is 0 Å². The van der Waals surface area contributed by atoms with E-state index in [1.165, 1.54) is 12.1 Å². The van der Waals surface area contributed by atoms with Gasteiger partial charge in [0, 0.05) is 30.4 Å². The molecule has 1 heterocycles. The fourth-order valence-corrected chi connectivity index (χ4v) is 4.28. The fraction of sp³-hybridized carbons (Fsp3) is 0.292. The molecule has 0 aliphatic heterocycles. The predicted molar refractivity (Wildman–Crippen MR) is 127 cm³/mol. The third-order valence-corrected chi connectivity index (χ3v) is 6.26. The summed E-state index contributed by atoms with van der Waals surface area (Å²) in [6.07, 6.45) is 5.79. The minimum absolute atomic E-state index is 0.261. The van der Waals surface area contributed by atoms with Crippen molar-refractivity contribution in [2.45, 2.75) is 44.3 Å². The topological polar surface area (TPSA) is 63.0 Å². The highest BCUT2D eigenvalue weighted by molar-refractivity contribution is 6.34. The summed E-state index contributed by atoms with van der Waals surface area (Å²) in [5.41, 5.74) is 9.40. The molecule has 31 heavy (non-hydrogen) atoms. The van der Waals surface area contributed by atoms with Gasteiger partial charge in [-0.25, -0.2) is 9.37 Å². The van der Waals surface area contributed by atoms with Gasteiger partial charge >= 0.3 is 0 Å². The van der Waals surface area contributed by atoms with E-state index in [1.807, 2.05) is 30.3 Å². The molecule has 0 spiro atoms. The van der Waals surface area contributed by atoms with Crippen LogP contribution >= 0.6 is 23.2 Å². The smallest absolute Gasteiger partial charge is 0.126 e. The van der Waals surface area contributed by atoms with E-state index in [0.717, 1.165) is 53.9 Å². The number of nitrogens with two attached hydrogens (primary N) is 1. The highest BCUT2D eigenvalue weighted by Gasteiger charge is 2.19. The van der Waals surface area contributed by atoms with Crippen molar-refractivity contribution in [3.63, 3.8) is 0 Å². The number of anilines is 2. The lowest BCUT2D eigenvalue weighted by atomic mass is 9.92. The first-order valence-corrected chi connectivity index (χ1v) is 11.2. The van der Waals surface area contributed by atoms with E-state index >= 15 is 0 Å². The molecular formula is C24H25Cl2FN4. The van der Waals surface area contributed by atoms with E-state index in [9.17, 15) is 4.39 Å². The largest absolute Gasteiger partial charge is 0.380 e. The number of aromatic nitrogens is 1. The van der Waals surface area contributed by atoms with Crippen LogP contribution in [-0.2, 0) is 6.54 Å². The van der Waals surface area contributed by atoms with E-state index in [4.69, 9.17) is 28.9 Å². The maximum Gasteiger partial charge on any atom is 0.126 e. The van der Waals surface area contributed by atoms with Crippen LogP contribution in [0, 0.1) is 5.82 Å². The van der Waals surface area contributed by atoms with Crippen LogP contribution in [0.4, 0.5) is 15.9 Å². The molecule has 2 aromatic carbocycles. The summed E-state index contributed by atoms with van der Waals surface area (Å²) in [5, 5.41) is 7.95. The summed E-state index contributed by atoms with van der Waals surface area (Å²) in [6.45, 7) is 0.460. The van der Waals surface area contributed by atoms with Crippen LogP contribution in [0.5, 0.6) is 0 Å². The average molecular weight is 459 g/mol. The first kappa shape index (κ1) is 21.9. The number of hydrogen-bond acceptors (Lipinski definition) is 4. The molecule has 0 atom stereocenters. The molecule has 0 radical (unpaired) electrons. The summed E-state index contributed by atoms with van der Waals surface area (Å²) in [7, 11) is 0. The number of hydrogen-bond donors (Lipinski definition) is 3. The standard InChI is InChI=1S/C24H25Cl2FN4/c25-21-9-4-16(11-23(21)29-13-15-2-1-3-17(27)10-15)20-12-24(30-14-22(20)26)31-19-7-5-18(28)6-8-19/h1-4,9-12,14,18-19,29H,5-8,13,28H2,(H,30,31). The quantitative estimate of drug-likeness (QED) is 0.394. The molecule has 1 aliphatic rings. The van der Waals surface area contributed by atoms with Gasteiger partial charge in [-0.3, -0.25) is 0 Å². The molecule has 0 saturated heterocycles. The van der Waals surface area contributed by atoms with E-state index in [2.05, 4.69) is 15.6 Å². The molecular weight excluding hydrogens is 434 g/mol. The first-order chi connectivity index (χ1) is 15.0. The van der Waals surface area contributed by atoms with Crippen molar-refractivity contribution < 1.29 is 4.39 Å². The number of benzene rings is 2. The van der Waals surface area contributed by atoms with E-state index in [0.29, 0.717) is 28.7 Å². The summed E-state index contributed by atoms with van der Waals surface area (Å²) in [5.74, 6) is 0.534. The molecule has 3 aromatic rings. The Bertz CT molecular complexity index is 1050. The molecule has 4 nitrogen and oxygen atoms in total. The Kier molecular flexibility index (Phi) is 6.96. The van der Waals surface area contributed by atoms with Crippen LogP contribution in [-0.4, -0.2) is 17.1 Å². The highest BCUT2D eigenvalue weighted by Crippen LogP contribution is 2.34. The molecule has 1 saturated carbocycles. The molecule has 0 unspecified atom stereocenters. The van der Waals surface area contributed by atoms with Crippen molar-refractivity contribution in [2.24, 2.45) is 5.73 Å². The zero-order chi connectivity index (χ0) is 21.8. The molecule has 0 amide bonds. The monoisotopic (exact) mass is 458 g/mol. The van der Waals surface area contributed by atoms with Crippen LogP contribution in [0.1, 0.15) is 31.2 Å². The molecule has 1 fully saturated rings. The number of halogens is 3. The van der Waals surface area contributed by atoms with Crippen molar-refractivity contribution in [1.29, 1.82) is 0 Å². The van der Waals surface area contributed by atoms with Crippen molar-refractivity contribution in [3.05, 3.63) is 76.2 Å². The first-order valence-electron chi connectivity index (χ1n) is 10.4. The molecule has 1 aliphatic carbocycles. The summed E-state index contributed by atoms with van der Waals surface area (Å²) in [6, 6.07) is 14.8. The lowest BCUT2D eigenvalue weighted by Crippen LogP contribution is -2.33. The lowest BCUT2D eigenvalue weighted by Gasteiger charge is -2.27. The Morgan fingerprint density at radius 1 is 1.00 bits per heavy atom. The van der Waals surface area contributed by atoms with E-state index < -0.39 is 0 Å². The van der Waals surface area contributed by atoms with Gasteiger partial charge in [-0.1, -0.05) is 41.4 Å². The van der Waals surface area contributed by atoms with Crippen molar-refractivity contribution in [1.82, 2.24) is 4.98 Å². The van der Waals surface area contributed by atoms with Crippen LogP contribution in [0.3, 0.4) is 0 Å². The molecule has 1 aromatic heterocycles. The molecule has 4 rings (SSSR count). The third kappa shape index (κ3) is 5.67. The molecule has 4 N–H and O–H groups in total. The van der Waals surface area contributed by atoms with E-state index in [-0.39, 0.29) is 5.82 Å². The van der Waals surface area contributed by atoms with Crippen LogP contribution in [0.25, 0.3) is 11.1 Å². The number of nitrogens with one attached hydrogen (secondary N) is 2. The van der Waals surface area contributed by atoms with Crippen molar-refractivity contribution >= 4 is 34.7 Å². The second-order valence-electron chi connectivity index (χ2n) is 7.98. The Morgan fingerprint density at radius 2 is 1.81 bits per heavy atom. The average Bonchev–Trinajstić information content (AvgIpc) is 2.76. The normalized spacial score (nSPS) is 18.6. The van der Waals surface area contributed by atoms with Gasteiger partial charge in [0.1, 0.15) is 11.6 Å². The molecule has 7 heteroatoms. The van der Waals surface area contributed by atoms with Crippen LogP contribution in [0.15, 0.2) is 54.7 Å². The third-order valence-electron chi connectivity index (χ3n) is 5.63. The Balaban J connectivity index is 1.52. The van der Waals surface area contributed by atoms with Gasteiger partial charge in [0.2, 0.25) is 0 Å². The van der Waals surface area contributed by atoms with Crippen LogP contribution in [0.2, 0.25) is 10.0 Å². The maximum absolute atomic E-state index is 13.4. The minimum Gasteiger partial charge on any atom is -0.380 e. The Labute approximate surface area is 192 Å². The zero-order valence-electron chi connectivity index (χ0n) is 17.0. The Morgan fingerprint density at radius 3 is 2.58 bits per heavy atom. The van der Waals surface area contributed by atoms with Crippen LogP contribution < -0.4 is 16.4 Å². The lowest BCUT2D eigenvalue weighted by molar-refractivity contribution is 0.410. The van der Waals surface area contributed by atoms with Gasteiger partial charge < -0.3 is 16.4 Å². The van der Waals surface area contributed by atoms with Gasteiger partial charge in [0.05, 0.1) is 15.7 Å². The fourth-order valence-electron chi connectivity index (χ4n) is 3.88. The SMILES string of the molecule is NC1CCC(Nc2cc(-c3ccc(Cl)c(NCc4cccc(F)c4)c3)c(Cl)cn2)CC1. The zero-order valence-corrected chi connectivity index (χ0v) is 18.6. The number of pyridine rings is 1. The van der Waals surface area contributed by atoms with E-state index in [1.54, 1.807) is 12.3 Å². The van der Waals surface area contributed by atoms with Gasteiger partial charge in [-0.05, 0) is 67.1 Å². The van der Waals surface area contributed by atoms with Crippen molar-refractivity contribution in [3.8, 4) is 11.1 Å². The molecule has 162 valence electrons. The number of nitrogens with zero attached hydrogens (tertiary/aromatic N) is 1. The molecule has 0 bridgehead atoms. The maximum atomic E-state index is 13.4. The minimum atomic E-state index is -0.261. The second kappa shape index (κ2) is 9.86. The van der Waals surface area contributed by atoms with Gasteiger partial charge in [0.25, 0.3) is 0 Å². The van der Waals surface area contributed by atoms with Gasteiger partial charge in [0.15, 0.2) is 0 Å². The number of rotatable bonds is 6. The summed E-state index contributed by atoms with van der Waals surface area (Å²) >= 11 is 12.9.